The van der Waals surface area contributed by atoms with Crippen molar-refractivity contribution in [2.75, 3.05) is 16.8 Å². The summed E-state index contributed by atoms with van der Waals surface area (Å²) in [5, 5.41) is 3.30. The van der Waals surface area contributed by atoms with Gasteiger partial charge in [-0.25, -0.2) is 0 Å². The van der Waals surface area contributed by atoms with Crippen molar-refractivity contribution in [3.8, 4) is 0 Å². The number of anilines is 1. The third kappa shape index (κ3) is 2.96. The molecule has 3 nitrogen and oxygen atoms in total. The van der Waals surface area contributed by atoms with Crippen LogP contribution in [0.15, 0.2) is 28.7 Å². The summed E-state index contributed by atoms with van der Waals surface area (Å²) in [5.74, 6) is 1.60. The highest BCUT2D eigenvalue weighted by molar-refractivity contribution is 9.10. The smallest absolute Gasteiger partial charge is 0.243 e. The summed E-state index contributed by atoms with van der Waals surface area (Å²) in [6, 6.07) is 7.81. The van der Waals surface area contributed by atoms with Crippen LogP contribution in [0.4, 0.5) is 5.69 Å². The predicted molar refractivity (Wildman–Crippen MR) is 76.2 cm³/mol. The lowest BCUT2D eigenvalue weighted by molar-refractivity contribution is -0.121. The molecule has 1 aliphatic rings. The molecule has 5 heteroatoms. The van der Waals surface area contributed by atoms with Crippen LogP contribution in [0.1, 0.15) is 12.8 Å². The molecule has 0 aromatic heterocycles. The van der Waals surface area contributed by atoms with Gasteiger partial charge in [-0.15, -0.1) is 0 Å². The van der Waals surface area contributed by atoms with E-state index in [4.69, 9.17) is 5.73 Å². The van der Waals surface area contributed by atoms with E-state index in [9.17, 15) is 4.79 Å². The predicted octanol–water partition coefficient (Wildman–Crippen LogP) is 2.61. The van der Waals surface area contributed by atoms with E-state index in [0.29, 0.717) is 0 Å². The fourth-order valence-electron chi connectivity index (χ4n) is 1.96. The lowest BCUT2D eigenvalue weighted by atomic mass is 9.94. The van der Waals surface area contributed by atoms with E-state index in [1.54, 1.807) is 11.8 Å². The van der Waals surface area contributed by atoms with E-state index >= 15 is 0 Å². The number of amides is 1. The standard InChI is InChI=1S/C12H15BrN2OS/c13-9-2-4-10(5-3-9)15-12(11(14)16)6-1-7-17-8-12/h2-5,15H,1,6-8H2,(H2,14,16). The van der Waals surface area contributed by atoms with Crippen LogP contribution in [-0.2, 0) is 4.79 Å². The number of thioether (sulfide) groups is 1. The van der Waals surface area contributed by atoms with Crippen molar-refractivity contribution < 1.29 is 4.79 Å². The number of carbonyl (C=O) groups is 1. The lowest BCUT2D eigenvalue weighted by Gasteiger charge is -2.35. The molecule has 1 atom stereocenters. The first-order chi connectivity index (χ1) is 8.12. The molecule has 0 spiro atoms. The Kier molecular flexibility index (Phi) is 3.99. The summed E-state index contributed by atoms with van der Waals surface area (Å²) >= 11 is 5.17. The number of benzene rings is 1. The number of hydrogen-bond acceptors (Lipinski definition) is 3. The molecule has 1 amide bonds. The summed E-state index contributed by atoms with van der Waals surface area (Å²) in [5.41, 5.74) is 5.91. The number of rotatable bonds is 3. The molecule has 1 saturated heterocycles. The highest BCUT2D eigenvalue weighted by Gasteiger charge is 2.38. The van der Waals surface area contributed by atoms with E-state index in [1.807, 2.05) is 24.3 Å². The zero-order valence-corrected chi connectivity index (χ0v) is 11.8. The maximum absolute atomic E-state index is 11.7. The summed E-state index contributed by atoms with van der Waals surface area (Å²) < 4.78 is 1.02. The average Bonchev–Trinajstić information content (AvgIpc) is 2.33. The zero-order valence-electron chi connectivity index (χ0n) is 9.41. The number of nitrogens with two attached hydrogens (primary N) is 1. The van der Waals surface area contributed by atoms with E-state index in [0.717, 1.165) is 34.5 Å². The van der Waals surface area contributed by atoms with Gasteiger partial charge >= 0.3 is 0 Å². The van der Waals surface area contributed by atoms with Gasteiger partial charge in [0.25, 0.3) is 0 Å². The minimum atomic E-state index is -0.587. The highest BCUT2D eigenvalue weighted by atomic mass is 79.9. The van der Waals surface area contributed by atoms with Crippen LogP contribution in [0.5, 0.6) is 0 Å². The van der Waals surface area contributed by atoms with Crippen LogP contribution < -0.4 is 11.1 Å². The van der Waals surface area contributed by atoms with Crippen molar-refractivity contribution in [1.82, 2.24) is 0 Å². The molecule has 1 aliphatic heterocycles. The van der Waals surface area contributed by atoms with Crippen LogP contribution in [0.2, 0.25) is 0 Å². The molecule has 0 bridgehead atoms. The Bertz CT molecular complexity index is 401. The summed E-state index contributed by atoms with van der Waals surface area (Å²) in [6.07, 6.45) is 1.84. The second kappa shape index (κ2) is 5.31. The Hall–Kier alpha value is -0.680. The van der Waals surface area contributed by atoms with Gasteiger partial charge in [-0.2, -0.15) is 11.8 Å². The maximum atomic E-state index is 11.7. The first-order valence-electron chi connectivity index (χ1n) is 5.54. The molecule has 1 heterocycles. The van der Waals surface area contributed by atoms with Gasteiger partial charge in [0.05, 0.1) is 0 Å². The normalized spacial score (nSPS) is 24.3. The van der Waals surface area contributed by atoms with Gasteiger partial charge in [-0.05, 0) is 42.9 Å². The zero-order chi connectivity index (χ0) is 12.3. The largest absolute Gasteiger partial charge is 0.371 e. The quantitative estimate of drug-likeness (QED) is 0.901. The minimum Gasteiger partial charge on any atom is -0.371 e. The minimum absolute atomic E-state index is 0.257. The maximum Gasteiger partial charge on any atom is 0.243 e. The Morgan fingerprint density at radius 2 is 2.12 bits per heavy atom. The molecule has 2 rings (SSSR count). The summed E-state index contributed by atoms with van der Waals surface area (Å²) in [6.45, 7) is 0. The molecule has 1 aromatic rings. The molecular formula is C12H15BrN2OS. The first-order valence-corrected chi connectivity index (χ1v) is 7.49. The molecule has 0 saturated carbocycles. The lowest BCUT2D eigenvalue weighted by Crippen LogP contribution is -2.54. The monoisotopic (exact) mass is 314 g/mol. The van der Waals surface area contributed by atoms with Crippen LogP contribution in [0.3, 0.4) is 0 Å². The number of halogens is 1. The number of primary amides is 1. The summed E-state index contributed by atoms with van der Waals surface area (Å²) in [7, 11) is 0. The van der Waals surface area contributed by atoms with Gasteiger partial charge in [-0.1, -0.05) is 15.9 Å². The van der Waals surface area contributed by atoms with E-state index < -0.39 is 5.54 Å². The first kappa shape index (κ1) is 12.8. The summed E-state index contributed by atoms with van der Waals surface area (Å²) in [4.78, 5) is 11.7. The molecule has 0 radical (unpaired) electrons. The SMILES string of the molecule is NC(=O)C1(Nc2ccc(Br)cc2)CCCSC1. The van der Waals surface area contributed by atoms with Crippen molar-refractivity contribution in [3.05, 3.63) is 28.7 Å². The Morgan fingerprint density at radius 3 is 2.65 bits per heavy atom. The molecule has 1 fully saturated rings. The number of nitrogens with one attached hydrogen (secondary N) is 1. The fraction of sp³-hybridized carbons (Fsp3) is 0.417. The molecule has 0 aliphatic carbocycles. The van der Waals surface area contributed by atoms with E-state index in [-0.39, 0.29) is 5.91 Å². The van der Waals surface area contributed by atoms with Gasteiger partial charge in [0.1, 0.15) is 5.54 Å². The highest BCUT2D eigenvalue weighted by Crippen LogP contribution is 2.30. The fourth-order valence-corrected chi connectivity index (χ4v) is 3.42. The van der Waals surface area contributed by atoms with Crippen molar-refractivity contribution in [2.24, 2.45) is 5.73 Å². The van der Waals surface area contributed by atoms with Gasteiger partial charge in [0.15, 0.2) is 0 Å². The molecule has 1 aromatic carbocycles. The van der Waals surface area contributed by atoms with Crippen molar-refractivity contribution >= 4 is 39.3 Å². The van der Waals surface area contributed by atoms with Crippen LogP contribution >= 0.6 is 27.7 Å². The molecular weight excluding hydrogens is 300 g/mol. The van der Waals surface area contributed by atoms with Crippen molar-refractivity contribution in [3.63, 3.8) is 0 Å². The van der Waals surface area contributed by atoms with Gasteiger partial charge in [0.2, 0.25) is 5.91 Å². The van der Waals surface area contributed by atoms with Crippen molar-refractivity contribution in [2.45, 2.75) is 18.4 Å². The molecule has 3 N–H and O–H groups in total. The van der Waals surface area contributed by atoms with Gasteiger partial charge in [-0.3, -0.25) is 4.79 Å². The topological polar surface area (TPSA) is 55.1 Å². The van der Waals surface area contributed by atoms with Gasteiger partial charge < -0.3 is 11.1 Å². The van der Waals surface area contributed by atoms with Crippen molar-refractivity contribution in [1.29, 1.82) is 0 Å². The number of hydrogen-bond donors (Lipinski definition) is 2. The molecule has 92 valence electrons. The van der Waals surface area contributed by atoms with Crippen LogP contribution in [0, 0.1) is 0 Å². The number of carbonyl (C=O) groups excluding carboxylic acids is 1. The third-order valence-electron chi connectivity index (χ3n) is 2.94. The van der Waals surface area contributed by atoms with Gasteiger partial charge in [0, 0.05) is 15.9 Å². The van der Waals surface area contributed by atoms with Crippen LogP contribution in [-0.4, -0.2) is 23.0 Å². The molecule has 17 heavy (non-hydrogen) atoms. The van der Waals surface area contributed by atoms with Crippen LogP contribution in [0.25, 0.3) is 0 Å². The molecule has 1 unspecified atom stereocenters. The average molecular weight is 315 g/mol. The third-order valence-corrected chi connectivity index (χ3v) is 4.74. The van der Waals surface area contributed by atoms with E-state index in [1.165, 1.54) is 0 Å². The van der Waals surface area contributed by atoms with E-state index in [2.05, 4.69) is 21.2 Å². The Balaban J connectivity index is 2.17. The Morgan fingerprint density at radius 1 is 1.41 bits per heavy atom. The second-order valence-corrected chi connectivity index (χ2v) is 6.26. The Labute approximate surface area is 114 Å². The second-order valence-electron chi connectivity index (χ2n) is 4.23.